The van der Waals surface area contributed by atoms with E-state index in [-0.39, 0.29) is 35.5 Å². The maximum atomic E-state index is 12.7. The Hall–Kier alpha value is -1.19. The molecule has 0 spiro atoms. The highest BCUT2D eigenvalue weighted by Gasteiger charge is 2.44. The van der Waals surface area contributed by atoms with Crippen LogP contribution >= 0.6 is 0 Å². The second-order valence-corrected chi connectivity index (χ2v) is 6.96. The summed E-state index contributed by atoms with van der Waals surface area (Å²) in [6.45, 7) is 5.84. The lowest BCUT2D eigenvalue weighted by Gasteiger charge is -2.26. The van der Waals surface area contributed by atoms with Gasteiger partial charge in [0, 0.05) is 18.4 Å². The molecule has 2 fully saturated rings. The topological polar surface area (TPSA) is 54.5 Å². The highest BCUT2D eigenvalue weighted by atomic mass is 16.2. The van der Waals surface area contributed by atoms with Gasteiger partial charge in [-0.1, -0.05) is 33.1 Å². The van der Waals surface area contributed by atoms with Crippen molar-refractivity contribution >= 4 is 17.6 Å². The number of hydrogen-bond donors (Lipinski definition) is 0. The molecule has 124 valence electrons. The number of Topliss-reactive ketones (excluding diaryl/α,β-unsaturated/α-hetero) is 1. The maximum absolute atomic E-state index is 12.7. The van der Waals surface area contributed by atoms with Crippen LogP contribution in [0.1, 0.15) is 72.1 Å². The van der Waals surface area contributed by atoms with Crippen LogP contribution in [-0.2, 0) is 14.4 Å². The van der Waals surface area contributed by atoms with Crippen LogP contribution in [0.3, 0.4) is 0 Å². The van der Waals surface area contributed by atoms with Crippen LogP contribution in [0.15, 0.2) is 0 Å². The number of amides is 2. The molecule has 22 heavy (non-hydrogen) atoms. The molecule has 0 N–H and O–H groups in total. The van der Waals surface area contributed by atoms with Gasteiger partial charge in [0.05, 0.1) is 5.92 Å². The van der Waals surface area contributed by atoms with Crippen molar-refractivity contribution in [3.8, 4) is 0 Å². The molecule has 0 aromatic heterocycles. The van der Waals surface area contributed by atoms with Crippen LogP contribution in [0.25, 0.3) is 0 Å². The quantitative estimate of drug-likeness (QED) is 0.578. The molecule has 4 heteroatoms. The predicted molar refractivity (Wildman–Crippen MR) is 85.1 cm³/mol. The first-order valence-electron chi connectivity index (χ1n) is 8.85. The molecule has 4 nitrogen and oxygen atoms in total. The Morgan fingerprint density at radius 2 is 1.82 bits per heavy atom. The van der Waals surface area contributed by atoms with Crippen molar-refractivity contribution in [2.24, 2.45) is 17.8 Å². The van der Waals surface area contributed by atoms with E-state index in [0.717, 1.165) is 44.9 Å². The summed E-state index contributed by atoms with van der Waals surface area (Å²) >= 11 is 0. The van der Waals surface area contributed by atoms with E-state index in [9.17, 15) is 14.4 Å². The minimum Gasteiger partial charge on any atom is -0.300 e. The Labute approximate surface area is 133 Å². The Morgan fingerprint density at radius 1 is 1.14 bits per heavy atom. The fourth-order valence-electron chi connectivity index (χ4n) is 4.23. The molecule has 2 amide bonds. The summed E-state index contributed by atoms with van der Waals surface area (Å²) in [6, 6.07) is 0.0173. The molecule has 1 heterocycles. The van der Waals surface area contributed by atoms with E-state index in [4.69, 9.17) is 0 Å². The number of ketones is 1. The van der Waals surface area contributed by atoms with Gasteiger partial charge in [0.1, 0.15) is 5.78 Å². The van der Waals surface area contributed by atoms with Crippen LogP contribution in [0.5, 0.6) is 0 Å². The number of likely N-dealkylation sites (tertiary alicyclic amines) is 1. The van der Waals surface area contributed by atoms with Crippen molar-refractivity contribution < 1.29 is 14.4 Å². The van der Waals surface area contributed by atoms with Gasteiger partial charge in [-0.15, -0.1) is 0 Å². The zero-order valence-corrected chi connectivity index (χ0v) is 14.1. The highest BCUT2D eigenvalue weighted by Crippen LogP contribution is 2.35. The smallest absolute Gasteiger partial charge is 0.233 e. The second-order valence-electron chi connectivity index (χ2n) is 6.96. The second kappa shape index (κ2) is 7.38. The van der Waals surface area contributed by atoms with Gasteiger partial charge >= 0.3 is 0 Å². The predicted octanol–water partition coefficient (Wildman–Crippen LogP) is 3.34. The monoisotopic (exact) mass is 307 g/mol. The van der Waals surface area contributed by atoms with E-state index in [1.54, 1.807) is 11.8 Å². The van der Waals surface area contributed by atoms with Crippen molar-refractivity contribution in [1.29, 1.82) is 0 Å². The number of imide groups is 1. The van der Waals surface area contributed by atoms with Crippen molar-refractivity contribution in [3.63, 3.8) is 0 Å². The zero-order chi connectivity index (χ0) is 16.3. The van der Waals surface area contributed by atoms with Crippen LogP contribution in [0.4, 0.5) is 0 Å². The van der Waals surface area contributed by atoms with Gasteiger partial charge in [-0.3, -0.25) is 19.3 Å². The first-order valence-corrected chi connectivity index (χ1v) is 8.85. The summed E-state index contributed by atoms with van der Waals surface area (Å²) in [4.78, 5) is 38.3. The minimum atomic E-state index is -0.116. The summed E-state index contributed by atoms with van der Waals surface area (Å²) in [5.41, 5.74) is 0. The van der Waals surface area contributed by atoms with Gasteiger partial charge in [0.25, 0.3) is 0 Å². The average Bonchev–Trinajstić information content (AvgIpc) is 2.68. The normalized spacial score (nSPS) is 30.0. The Morgan fingerprint density at radius 3 is 2.41 bits per heavy atom. The van der Waals surface area contributed by atoms with E-state index in [1.165, 1.54) is 0 Å². The van der Waals surface area contributed by atoms with Crippen molar-refractivity contribution in [3.05, 3.63) is 0 Å². The van der Waals surface area contributed by atoms with Gasteiger partial charge in [0.15, 0.2) is 0 Å². The Bertz CT molecular complexity index is 442. The standard InChI is InChI=1S/C18H29NO3/c1-4-13(5-2)16-11-17(21)19(18(16)22)15-8-6-7-14(9-10-15)12(3)20/h13-16H,4-11H2,1-3H3. The fourth-order valence-corrected chi connectivity index (χ4v) is 4.23. The van der Waals surface area contributed by atoms with Crippen LogP contribution in [0.2, 0.25) is 0 Å². The van der Waals surface area contributed by atoms with Crippen LogP contribution in [-0.4, -0.2) is 28.5 Å². The van der Waals surface area contributed by atoms with Gasteiger partial charge in [-0.25, -0.2) is 0 Å². The molecule has 1 saturated carbocycles. The molecular weight excluding hydrogens is 278 g/mol. The third kappa shape index (κ3) is 3.41. The first kappa shape index (κ1) is 17.2. The van der Waals surface area contributed by atoms with Crippen molar-refractivity contribution in [2.75, 3.05) is 0 Å². The van der Waals surface area contributed by atoms with E-state index in [0.29, 0.717) is 12.3 Å². The highest BCUT2D eigenvalue weighted by molar-refractivity contribution is 6.04. The molecule has 0 aromatic carbocycles. The maximum Gasteiger partial charge on any atom is 0.233 e. The number of rotatable bonds is 5. The number of carbonyl (C=O) groups excluding carboxylic acids is 3. The van der Waals surface area contributed by atoms with E-state index < -0.39 is 0 Å². The van der Waals surface area contributed by atoms with Gasteiger partial charge in [-0.2, -0.15) is 0 Å². The summed E-state index contributed by atoms with van der Waals surface area (Å²) in [7, 11) is 0. The minimum absolute atomic E-state index is 0.00757. The van der Waals surface area contributed by atoms with Gasteiger partial charge in [-0.05, 0) is 38.5 Å². The van der Waals surface area contributed by atoms with E-state index >= 15 is 0 Å². The average molecular weight is 307 g/mol. The zero-order valence-electron chi connectivity index (χ0n) is 14.1. The molecule has 3 unspecified atom stereocenters. The molecule has 3 atom stereocenters. The molecule has 2 rings (SSSR count). The number of nitrogens with zero attached hydrogens (tertiary/aromatic N) is 1. The first-order chi connectivity index (χ1) is 10.5. The summed E-state index contributed by atoms with van der Waals surface area (Å²) in [5.74, 6) is 0.618. The lowest BCUT2D eigenvalue weighted by Crippen LogP contribution is -2.40. The summed E-state index contributed by atoms with van der Waals surface area (Å²) < 4.78 is 0. The molecule has 2 aliphatic rings. The van der Waals surface area contributed by atoms with Crippen molar-refractivity contribution in [1.82, 2.24) is 4.90 Å². The van der Waals surface area contributed by atoms with E-state index in [1.807, 2.05) is 0 Å². The molecule has 0 aromatic rings. The van der Waals surface area contributed by atoms with E-state index in [2.05, 4.69) is 13.8 Å². The molecule has 1 aliphatic carbocycles. The SMILES string of the molecule is CCC(CC)C1CC(=O)N(C2CCCC(C(C)=O)CC2)C1=O. The third-order valence-electron chi connectivity index (χ3n) is 5.71. The fraction of sp³-hybridized carbons (Fsp3) is 0.833. The van der Waals surface area contributed by atoms with Crippen LogP contribution < -0.4 is 0 Å². The van der Waals surface area contributed by atoms with Gasteiger partial charge in [0.2, 0.25) is 11.8 Å². The molecule has 1 saturated heterocycles. The molecule has 1 aliphatic heterocycles. The Balaban J connectivity index is 2.07. The molecule has 0 bridgehead atoms. The lowest BCUT2D eigenvalue weighted by molar-refractivity contribution is -0.142. The number of carbonyl (C=O) groups is 3. The van der Waals surface area contributed by atoms with Crippen molar-refractivity contribution in [2.45, 2.75) is 78.2 Å². The lowest BCUT2D eigenvalue weighted by atomic mass is 9.86. The largest absolute Gasteiger partial charge is 0.300 e. The van der Waals surface area contributed by atoms with Crippen LogP contribution in [0, 0.1) is 17.8 Å². The molecule has 0 radical (unpaired) electrons. The Kier molecular flexibility index (Phi) is 5.76. The number of hydrogen-bond acceptors (Lipinski definition) is 3. The summed E-state index contributed by atoms with van der Waals surface area (Å²) in [5, 5.41) is 0. The van der Waals surface area contributed by atoms with Gasteiger partial charge < -0.3 is 0 Å². The third-order valence-corrected chi connectivity index (χ3v) is 5.71. The summed E-state index contributed by atoms with van der Waals surface area (Å²) in [6.07, 6.45) is 6.58. The molecular formula is C18H29NO3.